The summed E-state index contributed by atoms with van der Waals surface area (Å²) in [7, 11) is 0. The van der Waals surface area contributed by atoms with Crippen LogP contribution in [0.25, 0.3) is 0 Å². The molecule has 3 heterocycles. The fraction of sp³-hybridized carbons (Fsp3) is 0.887. The highest BCUT2D eigenvalue weighted by Crippen LogP contribution is 2.33. The molecular weight excluding hydrogens is 1260 g/mol. The Kier molecular flexibility index (Phi) is 56.0. The fourth-order valence-corrected chi connectivity index (χ4v) is 13.6. The summed E-state index contributed by atoms with van der Waals surface area (Å²) in [6.45, 7) is 1.77. The van der Waals surface area contributed by atoms with E-state index >= 15 is 0 Å². The lowest BCUT2D eigenvalue weighted by molar-refractivity contribution is -0.379. The third kappa shape index (κ3) is 41.3. The van der Waals surface area contributed by atoms with Gasteiger partial charge in [0.1, 0.15) is 73.2 Å². The first kappa shape index (κ1) is 91.0. The van der Waals surface area contributed by atoms with Gasteiger partial charge in [0.05, 0.1) is 38.6 Å². The Labute approximate surface area is 599 Å². The second-order valence-electron chi connectivity index (χ2n) is 28.9. The summed E-state index contributed by atoms with van der Waals surface area (Å²) in [6.07, 6.45) is 49.5. The third-order valence-corrected chi connectivity index (χ3v) is 20.1. The maximum absolute atomic E-state index is 13.5. The van der Waals surface area contributed by atoms with Gasteiger partial charge in [-0.1, -0.05) is 306 Å². The zero-order valence-corrected chi connectivity index (χ0v) is 62.0. The van der Waals surface area contributed by atoms with E-state index in [4.69, 9.17) is 28.4 Å². The molecule has 3 fully saturated rings. The van der Waals surface area contributed by atoms with Gasteiger partial charge >= 0.3 is 0 Å². The number of carbonyl (C=O) groups is 1. The van der Waals surface area contributed by atoms with Crippen molar-refractivity contribution in [1.82, 2.24) is 5.32 Å². The van der Waals surface area contributed by atoms with E-state index in [-0.39, 0.29) is 18.9 Å². The molecule has 19 nitrogen and oxygen atoms in total. The van der Waals surface area contributed by atoms with Gasteiger partial charge in [0.15, 0.2) is 18.9 Å². The third-order valence-electron chi connectivity index (χ3n) is 20.1. The number of nitrogens with one attached hydrogen (secondary N) is 1. The van der Waals surface area contributed by atoms with Crippen LogP contribution in [0, 0.1) is 0 Å². The van der Waals surface area contributed by atoms with Crippen molar-refractivity contribution in [3.8, 4) is 0 Å². The molecule has 0 radical (unpaired) electrons. The van der Waals surface area contributed by atoms with Gasteiger partial charge in [-0.3, -0.25) is 4.79 Å². The van der Waals surface area contributed by atoms with Crippen LogP contribution < -0.4 is 5.32 Å². The minimum Gasteiger partial charge on any atom is -0.394 e. The van der Waals surface area contributed by atoms with E-state index in [1.807, 2.05) is 6.08 Å². The van der Waals surface area contributed by atoms with E-state index in [2.05, 4.69) is 55.6 Å². The van der Waals surface area contributed by atoms with E-state index in [1.165, 1.54) is 238 Å². The molecule has 0 bridgehead atoms. The summed E-state index contributed by atoms with van der Waals surface area (Å²) < 4.78 is 34.5. The predicted octanol–water partition coefficient (Wildman–Crippen LogP) is 13.3. The zero-order valence-electron chi connectivity index (χ0n) is 62.0. The summed E-state index contributed by atoms with van der Waals surface area (Å²) >= 11 is 0. The SMILES string of the molecule is CCCCCCC/C=C\C/C=C\C/C=C\CCCCCCCCCCCCCCCCCCC(=O)NC(COC1OC(CO)C(OC2OC(CO)C(OC3OC(CO)C(O)C(O)C3O)C(O)C2O)C(O)C1O)C(O)/C=C/CCCCCCCCCCCCCCCCCCCCCCC. The van der Waals surface area contributed by atoms with Crippen LogP contribution in [0.15, 0.2) is 48.6 Å². The van der Waals surface area contributed by atoms with Crippen LogP contribution in [-0.2, 0) is 33.2 Å². The molecule has 99 heavy (non-hydrogen) atoms. The molecule has 0 aromatic carbocycles. The highest BCUT2D eigenvalue weighted by molar-refractivity contribution is 5.76. The van der Waals surface area contributed by atoms with Gasteiger partial charge in [-0.05, 0) is 57.8 Å². The number of unbranched alkanes of at least 4 members (excludes halogenated alkanes) is 42. The fourth-order valence-electron chi connectivity index (χ4n) is 13.6. The van der Waals surface area contributed by atoms with E-state index in [0.717, 1.165) is 57.8 Å². The number of hydrogen-bond donors (Lipinski definition) is 12. The summed E-state index contributed by atoms with van der Waals surface area (Å²) in [5.74, 6) is -0.271. The van der Waals surface area contributed by atoms with E-state index in [1.54, 1.807) is 6.08 Å². The smallest absolute Gasteiger partial charge is 0.220 e. The largest absolute Gasteiger partial charge is 0.394 e. The van der Waals surface area contributed by atoms with Gasteiger partial charge in [-0.2, -0.15) is 0 Å². The second-order valence-corrected chi connectivity index (χ2v) is 28.9. The Bertz CT molecular complexity index is 1980. The molecule has 3 aliphatic rings. The van der Waals surface area contributed by atoms with Crippen molar-refractivity contribution >= 4 is 5.91 Å². The highest BCUT2D eigenvalue weighted by atomic mass is 16.8. The first-order valence-electron chi connectivity index (χ1n) is 40.4. The van der Waals surface area contributed by atoms with Crippen molar-refractivity contribution in [3.05, 3.63) is 48.6 Å². The number of rotatable bonds is 64. The Balaban J connectivity index is 1.37. The van der Waals surface area contributed by atoms with Crippen molar-refractivity contribution in [1.29, 1.82) is 0 Å². The van der Waals surface area contributed by atoms with Crippen LogP contribution in [0.3, 0.4) is 0 Å². The van der Waals surface area contributed by atoms with Gasteiger partial charge < -0.3 is 89.9 Å². The molecule has 580 valence electrons. The molecule has 17 atom stereocenters. The van der Waals surface area contributed by atoms with Crippen LogP contribution in [0.2, 0.25) is 0 Å². The second kappa shape index (κ2) is 61.0. The number of hydrogen-bond acceptors (Lipinski definition) is 18. The molecule has 0 saturated carbocycles. The zero-order chi connectivity index (χ0) is 71.8. The van der Waals surface area contributed by atoms with Crippen LogP contribution in [0.5, 0.6) is 0 Å². The summed E-state index contributed by atoms with van der Waals surface area (Å²) in [5.41, 5.74) is 0. The van der Waals surface area contributed by atoms with Crippen molar-refractivity contribution in [2.45, 2.75) is 426 Å². The lowest BCUT2D eigenvalue weighted by atomic mass is 9.96. The van der Waals surface area contributed by atoms with Gasteiger partial charge in [0.2, 0.25) is 5.91 Å². The highest BCUT2D eigenvalue weighted by Gasteiger charge is 2.54. The van der Waals surface area contributed by atoms with Crippen LogP contribution >= 0.6 is 0 Å². The minimum atomic E-state index is -1.98. The summed E-state index contributed by atoms with van der Waals surface area (Å²) in [4.78, 5) is 13.5. The molecule has 12 N–H and O–H groups in total. The maximum Gasteiger partial charge on any atom is 0.220 e. The number of aliphatic hydroxyl groups is 11. The molecular formula is C80H147NO18. The van der Waals surface area contributed by atoms with Gasteiger partial charge in [0.25, 0.3) is 0 Å². The molecule has 0 aromatic heterocycles. The lowest BCUT2D eigenvalue weighted by Gasteiger charge is -2.48. The molecule has 17 unspecified atom stereocenters. The Morgan fingerprint density at radius 3 is 1.04 bits per heavy atom. The monoisotopic (exact) mass is 1410 g/mol. The van der Waals surface area contributed by atoms with Gasteiger partial charge in [-0.25, -0.2) is 0 Å². The minimum absolute atomic E-state index is 0.244. The number of carbonyl (C=O) groups excluding carboxylic acids is 1. The number of ether oxygens (including phenoxy) is 6. The van der Waals surface area contributed by atoms with E-state index < -0.39 is 124 Å². The standard InChI is InChI=1S/C80H147NO18/c1-3-5-7-9-11-13-15-17-19-21-23-25-27-28-29-30-31-32-33-34-36-38-40-42-44-46-48-50-52-54-56-58-68(86)81-63(64(85)57-55-53-51-49-47-45-43-41-39-37-35-26-24-22-20-18-16-14-12-10-8-6-4-2)62-94-78-74(92)71(89)76(66(60-83)96-78)99-80-75(93)72(90)77(67(61-84)97-80)98-79-73(91)70(88)69(87)65(59-82)95-79/h15,17,21,23,27-28,55,57,63-67,69-80,82-85,87-93H,3-14,16,18-20,22,24-26,29-54,56,58-62H2,1-2H3,(H,81,86)/b17-15-,23-21-,28-27-,57-55+. The quantitative estimate of drug-likeness (QED) is 0.0199. The Morgan fingerprint density at radius 1 is 0.364 bits per heavy atom. The Hall–Kier alpha value is -2.25. The molecule has 3 saturated heterocycles. The van der Waals surface area contributed by atoms with Crippen molar-refractivity contribution in [2.75, 3.05) is 26.4 Å². The van der Waals surface area contributed by atoms with Crippen molar-refractivity contribution < 1.29 is 89.4 Å². The topological polar surface area (TPSA) is 307 Å². The van der Waals surface area contributed by atoms with Gasteiger partial charge in [-0.15, -0.1) is 0 Å². The molecule has 0 spiro atoms. The maximum atomic E-state index is 13.5. The number of allylic oxidation sites excluding steroid dienone is 7. The molecule has 3 aliphatic heterocycles. The molecule has 1 amide bonds. The van der Waals surface area contributed by atoms with Crippen LogP contribution in [0.4, 0.5) is 0 Å². The lowest BCUT2D eigenvalue weighted by Crippen LogP contribution is -2.66. The van der Waals surface area contributed by atoms with E-state index in [9.17, 15) is 61.0 Å². The number of aliphatic hydroxyl groups excluding tert-OH is 11. The molecule has 19 heteroatoms. The average Bonchev–Trinajstić information content (AvgIpc) is 0.577. The van der Waals surface area contributed by atoms with Gasteiger partial charge in [0, 0.05) is 6.42 Å². The first-order valence-corrected chi connectivity index (χ1v) is 40.4. The Morgan fingerprint density at radius 2 is 0.667 bits per heavy atom. The van der Waals surface area contributed by atoms with Crippen LogP contribution in [0.1, 0.15) is 322 Å². The van der Waals surface area contributed by atoms with Crippen molar-refractivity contribution in [2.24, 2.45) is 0 Å². The summed E-state index contributed by atoms with van der Waals surface area (Å²) in [6, 6.07) is -0.975. The first-order chi connectivity index (χ1) is 48.3. The normalized spacial score (nSPS) is 26.8. The van der Waals surface area contributed by atoms with E-state index in [0.29, 0.717) is 6.42 Å². The van der Waals surface area contributed by atoms with Crippen LogP contribution in [-0.4, -0.2) is 193 Å². The molecule has 0 aromatic rings. The average molecular weight is 1410 g/mol. The number of amides is 1. The molecule has 3 rings (SSSR count). The predicted molar refractivity (Wildman–Crippen MR) is 392 cm³/mol. The van der Waals surface area contributed by atoms with Crippen molar-refractivity contribution in [3.63, 3.8) is 0 Å². The summed E-state index contributed by atoms with van der Waals surface area (Å²) in [5, 5.41) is 121. The molecule has 0 aliphatic carbocycles.